The Morgan fingerprint density at radius 2 is 1.55 bits per heavy atom. The molecule has 0 aromatic heterocycles. The van der Waals surface area contributed by atoms with Crippen LogP contribution in [0.3, 0.4) is 0 Å². The highest BCUT2D eigenvalue weighted by Gasteiger charge is 2.23. The van der Waals surface area contributed by atoms with E-state index in [-0.39, 0.29) is 10.6 Å². The molecule has 0 saturated carbocycles. The molecule has 0 atom stereocenters. The lowest BCUT2D eigenvalue weighted by Crippen LogP contribution is -2.47. The standard InChI is InChI=1S/C22H23N3O4S2/c1-16-7-11-20(12-8-16)31(28,29)25(2)14-21(26)23-24-22(27)15-30-19-10-9-17-5-3-4-6-18(17)13-19/h3-13H,14-15H2,1-2H3,(H,23,26)(H,24,27). The van der Waals surface area contributed by atoms with Gasteiger partial charge in [0.25, 0.3) is 5.91 Å². The Balaban J connectivity index is 1.47. The van der Waals surface area contributed by atoms with E-state index >= 15 is 0 Å². The highest BCUT2D eigenvalue weighted by molar-refractivity contribution is 8.00. The Morgan fingerprint density at radius 3 is 2.26 bits per heavy atom. The van der Waals surface area contributed by atoms with Crippen molar-refractivity contribution in [1.82, 2.24) is 15.2 Å². The van der Waals surface area contributed by atoms with Gasteiger partial charge in [-0.2, -0.15) is 4.31 Å². The largest absolute Gasteiger partial charge is 0.272 e. The summed E-state index contributed by atoms with van der Waals surface area (Å²) >= 11 is 1.34. The molecule has 0 heterocycles. The molecule has 0 bridgehead atoms. The highest BCUT2D eigenvalue weighted by Crippen LogP contribution is 2.23. The van der Waals surface area contributed by atoms with Crippen molar-refractivity contribution in [2.24, 2.45) is 0 Å². The predicted octanol–water partition coefficient (Wildman–Crippen LogP) is 2.71. The third kappa shape index (κ3) is 6.06. The van der Waals surface area contributed by atoms with E-state index in [9.17, 15) is 18.0 Å². The van der Waals surface area contributed by atoms with Gasteiger partial charge in [0.2, 0.25) is 15.9 Å². The average molecular weight is 458 g/mol. The number of rotatable bonds is 7. The zero-order valence-corrected chi connectivity index (χ0v) is 18.8. The summed E-state index contributed by atoms with van der Waals surface area (Å²) in [5.74, 6) is -0.923. The van der Waals surface area contributed by atoms with Gasteiger partial charge in [0.15, 0.2) is 0 Å². The molecular weight excluding hydrogens is 434 g/mol. The van der Waals surface area contributed by atoms with Gasteiger partial charge in [-0.25, -0.2) is 8.42 Å². The quantitative estimate of drug-likeness (QED) is 0.420. The Kier molecular flexibility index (Phi) is 7.32. The molecule has 3 aromatic rings. The number of thioether (sulfide) groups is 1. The Labute approximate surface area is 185 Å². The van der Waals surface area contributed by atoms with Crippen molar-refractivity contribution in [3.63, 3.8) is 0 Å². The van der Waals surface area contributed by atoms with Crippen LogP contribution in [0.5, 0.6) is 0 Å². The molecule has 7 nitrogen and oxygen atoms in total. The third-order valence-electron chi connectivity index (χ3n) is 4.53. The fourth-order valence-corrected chi connectivity index (χ4v) is 4.67. The maximum Gasteiger partial charge on any atom is 0.253 e. The van der Waals surface area contributed by atoms with E-state index in [1.54, 1.807) is 12.1 Å². The number of nitrogens with one attached hydrogen (secondary N) is 2. The van der Waals surface area contributed by atoms with E-state index in [0.29, 0.717) is 0 Å². The van der Waals surface area contributed by atoms with E-state index < -0.39 is 28.4 Å². The first-order valence-corrected chi connectivity index (χ1v) is 11.9. The zero-order chi connectivity index (χ0) is 22.4. The summed E-state index contributed by atoms with van der Waals surface area (Å²) in [6.07, 6.45) is 0. The number of sulfonamides is 1. The number of benzene rings is 3. The summed E-state index contributed by atoms with van der Waals surface area (Å²) < 4.78 is 26.0. The zero-order valence-electron chi connectivity index (χ0n) is 17.2. The maximum atomic E-state index is 12.5. The second kappa shape index (κ2) is 9.95. The molecule has 0 radical (unpaired) electrons. The molecule has 0 spiro atoms. The summed E-state index contributed by atoms with van der Waals surface area (Å²) in [4.78, 5) is 25.1. The van der Waals surface area contributed by atoms with Crippen LogP contribution in [-0.4, -0.2) is 43.9 Å². The molecule has 9 heteroatoms. The first-order chi connectivity index (χ1) is 14.8. The minimum atomic E-state index is -3.80. The molecule has 0 aliphatic rings. The molecule has 2 N–H and O–H groups in total. The second-order valence-corrected chi connectivity index (χ2v) is 10.1. The minimum absolute atomic E-state index is 0.101. The number of nitrogens with zero attached hydrogens (tertiary/aromatic N) is 1. The molecule has 3 aromatic carbocycles. The molecular formula is C22H23N3O4S2. The molecule has 3 rings (SSSR count). The number of hydrazine groups is 1. The number of amides is 2. The van der Waals surface area contributed by atoms with Crippen LogP contribution in [0, 0.1) is 6.92 Å². The summed E-state index contributed by atoms with van der Waals surface area (Å²) in [5, 5.41) is 2.20. The molecule has 31 heavy (non-hydrogen) atoms. The van der Waals surface area contributed by atoms with Crippen LogP contribution in [0.4, 0.5) is 0 Å². The maximum absolute atomic E-state index is 12.5. The summed E-state index contributed by atoms with van der Waals surface area (Å²) in [5.41, 5.74) is 5.50. The number of fused-ring (bicyclic) bond motifs is 1. The Morgan fingerprint density at radius 1 is 0.903 bits per heavy atom. The van der Waals surface area contributed by atoms with E-state index in [1.807, 2.05) is 49.4 Å². The van der Waals surface area contributed by atoms with Gasteiger partial charge in [-0.1, -0.05) is 48.0 Å². The summed E-state index contributed by atoms with van der Waals surface area (Å²) in [6.45, 7) is 1.43. The van der Waals surface area contributed by atoms with E-state index in [1.165, 1.54) is 30.9 Å². The van der Waals surface area contributed by atoms with Crippen molar-refractivity contribution in [3.8, 4) is 0 Å². The monoisotopic (exact) mass is 457 g/mol. The lowest BCUT2D eigenvalue weighted by atomic mass is 10.1. The summed E-state index contributed by atoms with van der Waals surface area (Å²) in [7, 11) is -2.49. The van der Waals surface area contributed by atoms with E-state index in [0.717, 1.165) is 25.5 Å². The van der Waals surface area contributed by atoms with Crippen LogP contribution in [0.15, 0.2) is 76.5 Å². The van der Waals surface area contributed by atoms with Crippen LogP contribution in [0.25, 0.3) is 10.8 Å². The topological polar surface area (TPSA) is 95.6 Å². The molecule has 0 unspecified atom stereocenters. The predicted molar refractivity (Wildman–Crippen MR) is 122 cm³/mol. The van der Waals surface area contributed by atoms with Gasteiger partial charge in [0.1, 0.15) is 0 Å². The number of hydrogen-bond donors (Lipinski definition) is 2. The van der Waals surface area contributed by atoms with Gasteiger partial charge in [0.05, 0.1) is 17.2 Å². The molecule has 0 fully saturated rings. The first kappa shape index (κ1) is 22.8. The fraction of sp³-hybridized carbons (Fsp3) is 0.182. The van der Waals surface area contributed by atoms with E-state index in [4.69, 9.17) is 0 Å². The smallest absolute Gasteiger partial charge is 0.253 e. The normalized spacial score (nSPS) is 11.5. The van der Waals surface area contributed by atoms with Crippen LogP contribution < -0.4 is 10.9 Å². The van der Waals surface area contributed by atoms with Gasteiger partial charge in [-0.05, 0) is 42.0 Å². The number of carbonyl (C=O) groups excluding carboxylic acids is 2. The van der Waals surface area contributed by atoms with Crippen molar-refractivity contribution in [3.05, 3.63) is 72.3 Å². The fourth-order valence-electron chi connectivity index (χ4n) is 2.80. The van der Waals surface area contributed by atoms with Gasteiger partial charge >= 0.3 is 0 Å². The average Bonchev–Trinajstić information content (AvgIpc) is 2.76. The van der Waals surface area contributed by atoms with Crippen LogP contribution in [-0.2, 0) is 19.6 Å². The minimum Gasteiger partial charge on any atom is -0.272 e. The first-order valence-electron chi connectivity index (χ1n) is 9.48. The molecule has 2 amide bonds. The van der Waals surface area contributed by atoms with Gasteiger partial charge in [-0.3, -0.25) is 20.4 Å². The Bertz CT molecular complexity index is 1190. The summed E-state index contributed by atoms with van der Waals surface area (Å²) in [6, 6.07) is 20.2. The van der Waals surface area contributed by atoms with Crippen LogP contribution in [0.2, 0.25) is 0 Å². The molecule has 162 valence electrons. The number of aryl methyl sites for hydroxylation is 1. The number of carbonyl (C=O) groups is 2. The second-order valence-electron chi connectivity index (χ2n) is 6.97. The van der Waals surface area contributed by atoms with Crippen molar-refractivity contribution in [2.75, 3.05) is 19.3 Å². The van der Waals surface area contributed by atoms with Gasteiger partial charge in [0, 0.05) is 11.9 Å². The number of hydrogen-bond acceptors (Lipinski definition) is 5. The molecule has 0 aliphatic heterocycles. The SMILES string of the molecule is Cc1ccc(S(=O)(=O)N(C)CC(=O)NNC(=O)CSc2ccc3ccccc3c2)cc1. The van der Waals surface area contributed by atoms with Crippen molar-refractivity contribution >= 4 is 44.4 Å². The number of likely N-dealkylation sites (N-methyl/N-ethyl adjacent to an activating group) is 1. The van der Waals surface area contributed by atoms with E-state index in [2.05, 4.69) is 10.9 Å². The third-order valence-corrected chi connectivity index (χ3v) is 7.34. The van der Waals surface area contributed by atoms with Crippen molar-refractivity contribution in [1.29, 1.82) is 0 Å². The van der Waals surface area contributed by atoms with Crippen LogP contribution in [0.1, 0.15) is 5.56 Å². The highest BCUT2D eigenvalue weighted by atomic mass is 32.2. The Hall–Kier alpha value is -2.88. The van der Waals surface area contributed by atoms with Crippen molar-refractivity contribution < 1.29 is 18.0 Å². The lowest BCUT2D eigenvalue weighted by Gasteiger charge is -2.17. The lowest BCUT2D eigenvalue weighted by molar-refractivity contribution is -0.127. The van der Waals surface area contributed by atoms with Crippen molar-refractivity contribution in [2.45, 2.75) is 16.7 Å². The van der Waals surface area contributed by atoms with Gasteiger partial charge in [-0.15, -0.1) is 11.8 Å². The van der Waals surface area contributed by atoms with Crippen LogP contribution >= 0.6 is 11.8 Å². The van der Waals surface area contributed by atoms with Gasteiger partial charge < -0.3 is 0 Å². The molecule has 0 aliphatic carbocycles. The molecule has 0 saturated heterocycles.